The van der Waals surface area contributed by atoms with Crippen LogP contribution in [0.15, 0.2) is 36.5 Å². The lowest BCUT2D eigenvalue weighted by atomic mass is 10.2. The molecule has 2 aromatic rings. The molecule has 5 heteroatoms. The van der Waals surface area contributed by atoms with Crippen molar-refractivity contribution < 1.29 is 13.5 Å². The number of aryl methyl sites for hydroxylation is 1. The minimum Gasteiger partial charge on any atom is -0.438 e. The molecule has 0 aliphatic carbocycles. The molecule has 0 fully saturated rings. The summed E-state index contributed by atoms with van der Waals surface area (Å²) in [5.41, 5.74) is 0.848. The summed E-state index contributed by atoms with van der Waals surface area (Å²) in [6, 6.07) is 8.43. The van der Waals surface area contributed by atoms with E-state index >= 15 is 0 Å². The maximum Gasteiger partial charge on any atom is 0.272 e. The summed E-state index contributed by atoms with van der Waals surface area (Å²) in [6.07, 6.45) is 1.06. The fourth-order valence-corrected chi connectivity index (χ4v) is 1.66. The molecule has 0 unspecified atom stereocenters. The number of halogens is 3. The van der Waals surface area contributed by atoms with Gasteiger partial charge in [0.25, 0.3) is 5.92 Å². The zero-order chi connectivity index (χ0) is 14.0. The van der Waals surface area contributed by atoms with Crippen molar-refractivity contribution in [1.82, 2.24) is 4.98 Å². The smallest absolute Gasteiger partial charge is 0.272 e. The highest BCUT2D eigenvalue weighted by Gasteiger charge is 2.25. The molecule has 2 rings (SSSR count). The fraction of sp³-hybridized carbons (Fsp3) is 0.214. The van der Waals surface area contributed by atoms with Gasteiger partial charge < -0.3 is 4.74 Å². The fourth-order valence-electron chi connectivity index (χ4n) is 1.46. The third-order valence-corrected chi connectivity index (χ3v) is 2.82. The molecule has 0 saturated heterocycles. The monoisotopic (exact) mass is 283 g/mol. The molecule has 1 heterocycles. The van der Waals surface area contributed by atoms with Crippen LogP contribution in [0.3, 0.4) is 0 Å². The maximum atomic E-state index is 13.1. The second kappa shape index (κ2) is 5.13. The zero-order valence-electron chi connectivity index (χ0n) is 10.5. The van der Waals surface area contributed by atoms with Crippen LogP contribution in [-0.2, 0) is 5.92 Å². The van der Waals surface area contributed by atoms with Gasteiger partial charge in [0.2, 0.25) is 5.88 Å². The van der Waals surface area contributed by atoms with Crippen LogP contribution in [0, 0.1) is 6.92 Å². The van der Waals surface area contributed by atoms with Crippen molar-refractivity contribution in [2.75, 3.05) is 0 Å². The Morgan fingerprint density at radius 1 is 1.21 bits per heavy atom. The third-order valence-electron chi connectivity index (χ3n) is 2.55. The molecule has 0 radical (unpaired) electrons. The van der Waals surface area contributed by atoms with Gasteiger partial charge in [-0.3, -0.25) is 0 Å². The predicted molar refractivity (Wildman–Crippen MR) is 70.1 cm³/mol. The van der Waals surface area contributed by atoms with E-state index in [1.54, 1.807) is 12.1 Å². The van der Waals surface area contributed by atoms with E-state index in [2.05, 4.69) is 4.98 Å². The minimum atomic E-state index is -2.97. The highest BCUT2D eigenvalue weighted by atomic mass is 35.5. The summed E-state index contributed by atoms with van der Waals surface area (Å²) in [7, 11) is 0. The van der Waals surface area contributed by atoms with Crippen LogP contribution in [0.2, 0.25) is 5.02 Å². The van der Waals surface area contributed by atoms with Gasteiger partial charge >= 0.3 is 0 Å². The molecule has 0 bridgehead atoms. The Morgan fingerprint density at radius 3 is 2.37 bits per heavy atom. The average molecular weight is 284 g/mol. The summed E-state index contributed by atoms with van der Waals surface area (Å²) in [6.45, 7) is 2.74. The van der Waals surface area contributed by atoms with Crippen molar-refractivity contribution in [3.63, 3.8) is 0 Å². The van der Waals surface area contributed by atoms with E-state index in [1.165, 1.54) is 0 Å². The number of benzene rings is 1. The first-order valence-electron chi connectivity index (χ1n) is 5.64. The molecule has 1 aromatic heterocycles. The molecule has 19 heavy (non-hydrogen) atoms. The quantitative estimate of drug-likeness (QED) is 0.795. The van der Waals surface area contributed by atoms with Gasteiger partial charge in [-0.2, -0.15) is 0 Å². The second-order valence-electron chi connectivity index (χ2n) is 4.31. The summed E-state index contributed by atoms with van der Waals surface area (Å²) in [5.74, 6) is -2.31. The average Bonchev–Trinajstić information content (AvgIpc) is 2.33. The van der Waals surface area contributed by atoms with Gasteiger partial charge in [-0.1, -0.05) is 29.3 Å². The molecule has 0 amide bonds. The molecule has 0 atom stereocenters. The van der Waals surface area contributed by atoms with Crippen LogP contribution in [0.25, 0.3) is 0 Å². The second-order valence-corrected chi connectivity index (χ2v) is 4.72. The number of pyridine rings is 1. The molecule has 0 saturated carbocycles. The van der Waals surface area contributed by atoms with Crippen LogP contribution in [0.1, 0.15) is 18.1 Å². The van der Waals surface area contributed by atoms with Crippen LogP contribution >= 0.6 is 11.6 Å². The normalized spacial score (nSPS) is 11.4. The summed E-state index contributed by atoms with van der Waals surface area (Å²) >= 11 is 5.90. The van der Waals surface area contributed by atoms with Crippen LogP contribution in [-0.4, -0.2) is 4.98 Å². The molecule has 0 aliphatic rings. The van der Waals surface area contributed by atoms with Gasteiger partial charge in [0.05, 0.1) is 0 Å². The summed E-state index contributed by atoms with van der Waals surface area (Å²) < 4.78 is 31.6. The van der Waals surface area contributed by atoms with Crippen molar-refractivity contribution in [3.05, 3.63) is 52.7 Å². The maximum absolute atomic E-state index is 13.1. The molecule has 2 nitrogen and oxygen atoms in total. The SMILES string of the molecule is Cc1ccc(Oc2ncc(C(C)(F)F)cc2Cl)cc1. The van der Waals surface area contributed by atoms with Crippen molar-refractivity contribution in [2.24, 2.45) is 0 Å². The van der Waals surface area contributed by atoms with Crippen molar-refractivity contribution in [2.45, 2.75) is 19.8 Å². The first-order chi connectivity index (χ1) is 8.86. The van der Waals surface area contributed by atoms with Crippen molar-refractivity contribution in [1.29, 1.82) is 0 Å². The number of alkyl halides is 2. The number of ether oxygens (including phenoxy) is 1. The Labute approximate surface area is 115 Å². The van der Waals surface area contributed by atoms with E-state index in [-0.39, 0.29) is 16.5 Å². The Hall–Kier alpha value is -1.68. The summed E-state index contributed by atoms with van der Waals surface area (Å²) in [5, 5.41) is 0.0552. The summed E-state index contributed by atoms with van der Waals surface area (Å²) in [4.78, 5) is 3.83. The third kappa shape index (κ3) is 3.41. The van der Waals surface area contributed by atoms with E-state index in [4.69, 9.17) is 16.3 Å². The van der Waals surface area contributed by atoms with E-state index in [0.717, 1.165) is 24.8 Å². The number of aromatic nitrogens is 1. The molecule has 0 N–H and O–H groups in total. The van der Waals surface area contributed by atoms with Crippen LogP contribution in [0.5, 0.6) is 11.6 Å². The number of hydrogen-bond acceptors (Lipinski definition) is 2. The molecule has 1 aromatic carbocycles. The lowest BCUT2D eigenvalue weighted by Crippen LogP contribution is -2.07. The molecule has 100 valence electrons. The van der Waals surface area contributed by atoms with E-state index in [0.29, 0.717) is 5.75 Å². The Morgan fingerprint density at radius 2 is 1.84 bits per heavy atom. The highest BCUT2D eigenvalue weighted by Crippen LogP contribution is 2.33. The van der Waals surface area contributed by atoms with Crippen molar-refractivity contribution in [3.8, 4) is 11.6 Å². The van der Waals surface area contributed by atoms with Gasteiger partial charge in [-0.05, 0) is 25.1 Å². The van der Waals surface area contributed by atoms with E-state index in [1.807, 2.05) is 19.1 Å². The minimum absolute atomic E-state index is 0.0552. The lowest BCUT2D eigenvalue weighted by Gasteiger charge is -2.12. The zero-order valence-corrected chi connectivity index (χ0v) is 11.2. The number of nitrogens with zero attached hydrogens (tertiary/aromatic N) is 1. The largest absolute Gasteiger partial charge is 0.438 e. The molecular formula is C14H12ClF2NO. The highest BCUT2D eigenvalue weighted by molar-refractivity contribution is 6.31. The topological polar surface area (TPSA) is 22.1 Å². The van der Waals surface area contributed by atoms with Gasteiger partial charge in [0.1, 0.15) is 10.8 Å². The molecule has 0 spiro atoms. The van der Waals surface area contributed by atoms with E-state index < -0.39 is 5.92 Å². The van der Waals surface area contributed by atoms with Gasteiger partial charge in [-0.25, -0.2) is 13.8 Å². The number of hydrogen-bond donors (Lipinski definition) is 0. The number of rotatable bonds is 3. The van der Waals surface area contributed by atoms with Gasteiger partial charge in [0.15, 0.2) is 0 Å². The van der Waals surface area contributed by atoms with Crippen LogP contribution < -0.4 is 4.74 Å². The predicted octanol–water partition coefficient (Wildman–Crippen LogP) is 4.95. The lowest BCUT2D eigenvalue weighted by molar-refractivity contribution is 0.0171. The standard InChI is InChI=1S/C14H12ClF2NO/c1-9-3-5-11(6-4-9)19-13-12(15)7-10(8-18-13)14(2,16)17/h3-8H,1-2H3. The first-order valence-corrected chi connectivity index (χ1v) is 6.02. The Kier molecular flexibility index (Phi) is 3.71. The molecule has 0 aliphatic heterocycles. The first kappa shape index (κ1) is 13.7. The van der Waals surface area contributed by atoms with Crippen molar-refractivity contribution >= 4 is 11.6 Å². The van der Waals surface area contributed by atoms with Gasteiger partial charge in [-0.15, -0.1) is 0 Å². The Bertz CT molecular complexity index is 579. The Balaban J connectivity index is 2.24. The van der Waals surface area contributed by atoms with Crippen LogP contribution in [0.4, 0.5) is 8.78 Å². The molecular weight excluding hydrogens is 272 g/mol. The van der Waals surface area contributed by atoms with E-state index in [9.17, 15) is 8.78 Å². The van der Waals surface area contributed by atoms with Gasteiger partial charge in [0, 0.05) is 18.7 Å².